The monoisotopic (exact) mass is 517 g/mol. The first-order chi connectivity index (χ1) is 19.1. The molecule has 0 spiro atoms. The molecular formula is C32H27N3O4. The van der Waals surface area contributed by atoms with E-state index in [4.69, 9.17) is 9.72 Å². The van der Waals surface area contributed by atoms with Crippen LogP contribution < -0.4 is 4.90 Å². The summed E-state index contributed by atoms with van der Waals surface area (Å²) in [5.41, 5.74) is 1.66. The van der Waals surface area contributed by atoms with Crippen LogP contribution in [0.4, 0.5) is 5.69 Å². The third-order valence-corrected chi connectivity index (χ3v) is 8.51. The Morgan fingerprint density at radius 3 is 2.38 bits per heavy atom. The molecule has 2 amide bonds. The summed E-state index contributed by atoms with van der Waals surface area (Å²) in [4.78, 5) is 50.6. The van der Waals surface area contributed by atoms with Crippen LogP contribution >= 0.6 is 0 Å². The fraction of sp³-hybridized carbons (Fsp3) is 0.250. The maximum absolute atomic E-state index is 14.2. The molecule has 7 nitrogen and oxygen atoms in total. The van der Waals surface area contributed by atoms with Gasteiger partial charge < -0.3 is 4.74 Å². The predicted molar refractivity (Wildman–Crippen MR) is 145 cm³/mol. The quantitative estimate of drug-likeness (QED) is 0.283. The Kier molecular flexibility index (Phi) is 5.56. The van der Waals surface area contributed by atoms with Crippen molar-refractivity contribution in [2.45, 2.75) is 31.0 Å². The molecule has 3 saturated heterocycles. The van der Waals surface area contributed by atoms with Crippen LogP contribution in [0.1, 0.15) is 30.1 Å². The molecule has 0 N–H and O–H groups in total. The lowest BCUT2D eigenvalue weighted by molar-refractivity contribution is -0.161. The van der Waals surface area contributed by atoms with Crippen molar-refractivity contribution in [3.8, 4) is 0 Å². The molecule has 3 aliphatic heterocycles. The van der Waals surface area contributed by atoms with Crippen LogP contribution in [0.2, 0.25) is 0 Å². The van der Waals surface area contributed by atoms with Crippen molar-refractivity contribution in [3.05, 3.63) is 108 Å². The number of fused-ring (bicyclic) bond motifs is 4. The number of amides is 2. The van der Waals surface area contributed by atoms with Gasteiger partial charge in [-0.05, 0) is 42.7 Å². The molecular weight excluding hydrogens is 490 g/mol. The molecule has 4 aromatic rings. The van der Waals surface area contributed by atoms with Crippen LogP contribution in [0, 0.1) is 11.8 Å². The number of benzene rings is 3. The molecule has 1 aromatic heterocycles. The highest BCUT2D eigenvalue weighted by Gasteiger charge is 2.74. The summed E-state index contributed by atoms with van der Waals surface area (Å²) in [7, 11) is 0. The van der Waals surface area contributed by atoms with E-state index in [0.717, 1.165) is 22.9 Å². The van der Waals surface area contributed by atoms with Crippen LogP contribution in [0.5, 0.6) is 0 Å². The van der Waals surface area contributed by atoms with Gasteiger partial charge in [0.25, 0.3) is 0 Å². The number of para-hydroxylation sites is 2. The number of aromatic nitrogens is 1. The average Bonchev–Trinajstić information content (AvgIpc) is 3.61. The van der Waals surface area contributed by atoms with E-state index in [-0.39, 0.29) is 18.4 Å². The number of esters is 1. The summed E-state index contributed by atoms with van der Waals surface area (Å²) in [6.07, 6.45) is 1.17. The normalized spacial score (nSPS) is 26.2. The van der Waals surface area contributed by atoms with E-state index in [1.54, 1.807) is 24.3 Å². The van der Waals surface area contributed by atoms with Crippen molar-refractivity contribution < 1.29 is 19.1 Å². The summed E-state index contributed by atoms with van der Waals surface area (Å²) in [6.45, 7) is 0.689. The first kappa shape index (κ1) is 23.7. The fourth-order valence-electron chi connectivity index (χ4n) is 6.90. The van der Waals surface area contributed by atoms with Gasteiger partial charge in [0.2, 0.25) is 11.8 Å². The highest BCUT2D eigenvalue weighted by molar-refractivity contribution is 6.24. The molecule has 0 aliphatic carbocycles. The van der Waals surface area contributed by atoms with Gasteiger partial charge in [0.15, 0.2) is 0 Å². The largest absolute Gasteiger partial charge is 0.459 e. The SMILES string of the molecule is O=C1[C@@H]2[C@H](c3ccc4ccccc4n3)N3CCC[C@]3(C(=O)OCc3ccccc3)[C@H]2C(=O)N1c1ccccc1. The molecule has 7 heteroatoms. The Hall–Kier alpha value is -4.36. The molecule has 3 aliphatic rings. The first-order valence-corrected chi connectivity index (χ1v) is 13.4. The number of carbonyl (C=O) groups excluding carboxylic acids is 3. The minimum absolute atomic E-state index is 0.107. The van der Waals surface area contributed by atoms with Crippen molar-refractivity contribution in [2.75, 3.05) is 11.4 Å². The van der Waals surface area contributed by atoms with Gasteiger partial charge in [0, 0.05) is 11.9 Å². The standard InChI is InChI=1S/C32H27N3O4/c36-29-26-27(30(37)35(29)23-13-5-2-6-14-23)32(31(38)39-20-21-10-3-1-4-11-21)18-9-19-34(32)28(26)25-17-16-22-12-7-8-15-24(22)33-25/h1-8,10-17,26-28H,9,18-20H2/t26-,27+,28-,32+/m0/s1. The average molecular weight is 518 g/mol. The molecule has 0 saturated carbocycles. The summed E-state index contributed by atoms with van der Waals surface area (Å²) < 4.78 is 5.92. The number of ether oxygens (including phenoxy) is 1. The maximum Gasteiger partial charge on any atom is 0.327 e. The number of hydrogen-bond acceptors (Lipinski definition) is 6. The van der Waals surface area contributed by atoms with Gasteiger partial charge in [0.1, 0.15) is 12.1 Å². The number of nitrogens with zero attached hydrogens (tertiary/aromatic N) is 3. The third-order valence-electron chi connectivity index (χ3n) is 8.51. The lowest BCUT2D eigenvalue weighted by atomic mass is 9.78. The molecule has 0 bridgehead atoms. The Labute approximate surface area is 226 Å². The number of carbonyl (C=O) groups is 3. The van der Waals surface area contributed by atoms with E-state index in [1.807, 2.05) is 77.7 Å². The molecule has 7 rings (SSSR count). The maximum atomic E-state index is 14.2. The summed E-state index contributed by atoms with van der Waals surface area (Å²) >= 11 is 0. The topological polar surface area (TPSA) is 79.8 Å². The summed E-state index contributed by atoms with van der Waals surface area (Å²) in [5, 5.41) is 0.991. The molecule has 0 radical (unpaired) electrons. The molecule has 39 heavy (non-hydrogen) atoms. The number of imide groups is 1. The summed E-state index contributed by atoms with van der Waals surface area (Å²) in [6, 6.07) is 29.7. The van der Waals surface area contributed by atoms with Crippen molar-refractivity contribution >= 4 is 34.4 Å². The second-order valence-corrected chi connectivity index (χ2v) is 10.5. The lowest BCUT2D eigenvalue weighted by Gasteiger charge is -2.36. The van der Waals surface area contributed by atoms with Crippen molar-refractivity contribution in [3.63, 3.8) is 0 Å². The van der Waals surface area contributed by atoms with E-state index in [9.17, 15) is 14.4 Å². The zero-order valence-corrected chi connectivity index (χ0v) is 21.3. The van der Waals surface area contributed by atoms with Gasteiger partial charge in [-0.25, -0.2) is 4.90 Å². The molecule has 3 fully saturated rings. The zero-order chi connectivity index (χ0) is 26.6. The van der Waals surface area contributed by atoms with E-state index in [2.05, 4.69) is 0 Å². The minimum Gasteiger partial charge on any atom is -0.459 e. The van der Waals surface area contributed by atoms with E-state index < -0.39 is 29.4 Å². The Balaban J connectivity index is 1.34. The minimum atomic E-state index is -1.23. The Morgan fingerprint density at radius 1 is 0.872 bits per heavy atom. The van der Waals surface area contributed by atoms with Gasteiger partial charge in [-0.3, -0.25) is 24.3 Å². The van der Waals surface area contributed by atoms with E-state index >= 15 is 0 Å². The predicted octanol–water partition coefficient (Wildman–Crippen LogP) is 4.67. The van der Waals surface area contributed by atoms with Crippen molar-refractivity contribution in [1.29, 1.82) is 0 Å². The Bertz CT molecular complexity index is 1590. The number of anilines is 1. The van der Waals surface area contributed by atoms with Gasteiger partial charge in [0.05, 0.1) is 34.8 Å². The Morgan fingerprint density at radius 2 is 1.59 bits per heavy atom. The molecule has 3 aromatic carbocycles. The van der Waals surface area contributed by atoms with Crippen molar-refractivity contribution in [2.24, 2.45) is 11.8 Å². The van der Waals surface area contributed by atoms with Gasteiger partial charge in [-0.1, -0.05) is 72.8 Å². The van der Waals surface area contributed by atoms with Crippen molar-refractivity contribution in [1.82, 2.24) is 9.88 Å². The second-order valence-electron chi connectivity index (χ2n) is 10.5. The summed E-state index contributed by atoms with van der Waals surface area (Å²) in [5.74, 6) is -2.67. The highest BCUT2D eigenvalue weighted by Crippen LogP contribution is 2.59. The first-order valence-electron chi connectivity index (χ1n) is 13.4. The lowest BCUT2D eigenvalue weighted by Crippen LogP contribution is -2.54. The molecule has 4 atom stereocenters. The molecule has 4 heterocycles. The second kappa shape index (κ2) is 9.13. The number of pyridine rings is 1. The van der Waals surface area contributed by atoms with Crippen LogP contribution in [0.25, 0.3) is 10.9 Å². The van der Waals surface area contributed by atoms with Gasteiger partial charge in [-0.2, -0.15) is 0 Å². The molecule has 0 unspecified atom stereocenters. The van der Waals surface area contributed by atoms with Crippen LogP contribution in [-0.2, 0) is 25.7 Å². The van der Waals surface area contributed by atoms with Crippen LogP contribution in [-0.4, -0.2) is 39.8 Å². The van der Waals surface area contributed by atoms with E-state index in [1.165, 1.54) is 4.90 Å². The third kappa shape index (κ3) is 3.53. The van der Waals surface area contributed by atoms with Crippen LogP contribution in [0.3, 0.4) is 0 Å². The highest BCUT2D eigenvalue weighted by atomic mass is 16.5. The van der Waals surface area contributed by atoms with Gasteiger partial charge >= 0.3 is 5.97 Å². The smallest absolute Gasteiger partial charge is 0.327 e. The van der Waals surface area contributed by atoms with Gasteiger partial charge in [-0.15, -0.1) is 0 Å². The molecule has 194 valence electrons. The van der Waals surface area contributed by atoms with Crippen LogP contribution in [0.15, 0.2) is 97.1 Å². The van der Waals surface area contributed by atoms with E-state index in [0.29, 0.717) is 24.3 Å². The zero-order valence-electron chi connectivity index (χ0n) is 21.3. The number of hydrogen-bond donors (Lipinski definition) is 0. The number of rotatable bonds is 5. The fourth-order valence-corrected chi connectivity index (χ4v) is 6.90.